The van der Waals surface area contributed by atoms with E-state index in [0.29, 0.717) is 10.7 Å². The van der Waals surface area contributed by atoms with E-state index in [4.69, 9.17) is 16.3 Å². The van der Waals surface area contributed by atoms with Gasteiger partial charge in [0.15, 0.2) is 0 Å². The maximum absolute atomic E-state index is 12.4. The van der Waals surface area contributed by atoms with Gasteiger partial charge in [-0.2, -0.15) is 0 Å². The predicted octanol–water partition coefficient (Wildman–Crippen LogP) is 4.63. The van der Waals surface area contributed by atoms with Crippen LogP contribution in [0.5, 0.6) is 5.88 Å². The number of rotatable bonds is 8. The minimum absolute atomic E-state index is 0.0832. The number of carbonyl (C=O) groups is 1. The van der Waals surface area contributed by atoms with Gasteiger partial charge in [-0.05, 0) is 36.4 Å². The lowest BCUT2D eigenvalue weighted by Gasteiger charge is -2.11. The summed E-state index contributed by atoms with van der Waals surface area (Å²) in [6.45, 7) is 0.183. The zero-order valence-corrected chi connectivity index (χ0v) is 16.9. The van der Waals surface area contributed by atoms with Crippen LogP contribution < -0.4 is 10.1 Å². The molecular formula is C19H17ClN4O4S. The van der Waals surface area contributed by atoms with Crippen LogP contribution in [-0.2, 0) is 11.3 Å². The van der Waals surface area contributed by atoms with Crippen LogP contribution in [0, 0.1) is 10.1 Å². The van der Waals surface area contributed by atoms with E-state index >= 15 is 0 Å². The van der Waals surface area contributed by atoms with Crippen LogP contribution >= 0.6 is 23.4 Å². The van der Waals surface area contributed by atoms with Crippen molar-refractivity contribution in [2.75, 3.05) is 12.4 Å². The molecule has 29 heavy (non-hydrogen) atoms. The fraction of sp³-hybridized carbons (Fsp3) is 0.158. The molecule has 0 radical (unpaired) electrons. The summed E-state index contributed by atoms with van der Waals surface area (Å²) < 4.78 is 6.21. The molecule has 1 heterocycles. The molecule has 0 saturated carbocycles. The molecule has 3 aromatic rings. The van der Waals surface area contributed by atoms with Crippen LogP contribution in [0.3, 0.4) is 0 Å². The molecule has 0 bridgehead atoms. The van der Waals surface area contributed by atoms with E-state index in [2.05, 4.69) is 10.4 Å². The fourth-order valence-electron chi connectivity index (χ4n) is 2.50. The van der Waals surface area contributed by atoms with Crippen molar-refractivity contribution in [1.82, 2.24) is 9.78 Å². The second kappa shape index (κ2) is 9.44. The van der Waals surface area contributed by atoms with Crippen molar-refractivity contribution >= 4 is 40.6 Å². The monoisotopic (exact) mass is 432 g/mol. The topological polar surface area (TPSA) is 99.3 Å². The standard InChI is InChI=1S/C19H17ClN4O4S/c1-28-19-16(24(26)27)12-23(22-19)11-10-18(25)21-15-4-2-3-5-17(15)29-14-8-6-13(20)7-9-14/h2-9,12H,10-11H2,1H3,(H,21,25). The maximum Gasteiger partial charge on any atom is 0.350 e. The number of aromatic nitrogens is 2. The highest BCUT2D eigenvalue weighted by atomic mass is 35.5. The van der Waals surface area contributed by atoms with Gasteiger partial charge >= 0.3 is 11.6 Å². The molecule has 2 aromatic carbocycles. The molecule has 0 atom stereocenters. The van der Waals surface area contributed by atoms with E-state index in [1.807, 2.05) is 48.5 Å². The first-order valence-corrected chi connectivity index (χ1v) is 9.74. The van der Waals surface area contributed by atoms with Crippen molar-refractivity contribution in [2.45, 2.75) is 22.8 Å². The Hall–Kier alpha value is -3.04. The third-order valence-electron chi connectivity index (χ3n) is 3.87. The van der Waals surface area contributed by atoms with Gasteiger partial charge in [-0.3, -0.25) is 19.6 Å². The first-order chi connectivity index (χ1) is 14.0. The summed E-state index contributed by atoms with van der Waals surface area (Å²) in [7, 11) is 1.31. The Kier molecular flexibility index (Phi) is 6.73. The average molecular weight is 433 g/mol. The van der Waals surface area contributed by atoms with Crippen LogP contribution in [0.1, 0.15) is 6.42 Å². The summed E-state index contributed by atoms with van der Waals surface area (Å²) in [5.41, 5.74) is 0.444. The highest BCUT2D eigenvalue weighted by Gasteiger charge is 2.20. The van der Waals surface area contributed by atoms with Gasteiger partial charge in [0.05, 0.1) is 24.3 Å². The number of nitrogens with zero attached hydrogens (tertiary/aromatic N) is 3. The molecule has 150 valence electrons. The van der Waals surface area contributed by atoms with E-state index in [0.717, 1.165) is 9.79 Å². The van der Waals surface area contributed by atoms with Crippen molar-refractivity contribution in [3.05, 3.63) is 69.9 Å². The molecule has 0 unspecified atom stereocenters. The second-order valence-corrected chi connectivity index (χ2v) is 7.45. The number of hydrogen-bond donors (Lipinski definition) is 1. The van der Waals surface area contributed by atoms with Crippen molar-refractivity contribution in [1.29, 1.82) is 0 Å². The van der Waals surface area contributed by atoms with Crippen molar-refractivity contribution in [3.8, 4) is 5.88 Å². The van der Waals surface area contributed by atoms with Crippen LogP contribution in [0.2, 0.25) is 5.02 Å². The molecule has 0 saturated heterocycles. The summed E-state index contributed by atoms with van der Waals surface area (Å²) >= 11 is 7.43. The average Bonchev–Trinajstić information content (AvgIpc) is 3.13. The zero-order valence-electron chi connectivity index (χ0n) is 15.4. The van der Waals surface area contributed by atoms with Gasteiger partial charge in [-0.25, -0.2) is 0 Å². The molecule has 1 N–H and O–H groups in total. The third-order valence-corrected chi connectivity index (χ3v) is 5.21. The van der Waals surface area contributed by atoms with Crippen LogP contribution in [0.4, 0.5) is 11.4 Å². The van der Waals surface area contributed by atoms with Gasteiger partial charge in [-0.15, -0.1) is 5.10 Å². The number of hydrogen-bond acceptors (Lipinski definition) is 6. The van der Waals surface area contributed by atoms with Gasteiger partial charge in [-0.1, -0.05) is 35.5 Å². The zero-order chi connectivity index (χ0) is 20.8. The summed E-state index contributed by atoms with van der Waals surface area (Å²) in [4.78, 5) is 24.7. The molecular weight excluding hydrogens is 416 g/mol. The van der Waals surface area contributed by atoms with E-state index in [1.165, 1.54) is 29.8 Å². The summed E-state index contributed by atoms with van der Waals surface area (Å²) in [5.74, 6) is -0.314. The lowest BCUT2D eigenvalue weighted by molar-refractivity contribution is -0.385. The number of anilines is 1. The molecule has 0 fully saturated rings. The number of halogens is 1. The Bertz CT molecular complexity index is 1020. The van der Waals surface area contributed by atoms with Crippen molar-refractivity contribution in [2.24, 2.45) is 0 Å². The maximum atomic E-state index is 12.4. The minimum Gasteiger partial charge on any atom is -0.475 e. The van der Waals surface area contributed by atoms with E-state index < -0.39 is 4.92 Å². The predicted molar refractivity (Wildman–Crippen MR) is 111 cm³/mol. The summed E-state index contributed by atoms with van der Waals surface area (Å²) in [6, 6.07) is 14.9. The molecule has 3 rings (SSSR count). The van der Waals surface area contributed by atoms with E-state index in [1.54, 1.807) is 0 Å². The Morgan fingerprint density at radius 3 is 2.66 bits per heavy atom. The first kappa shape index (κ1) is 20.7. The number of para-hydroxylation sites is 1. The molecule has 1 aromatic heterocycles. The summed E-state index contributed by atoms with van der Waals surface area (Å²) in [5, 5.41) is 18.5. The van der Waals surface area contributed by atoms with Gasteiger partial charge in [0.1, 0.15) is 6.20 Å². The third kappa shape index (κ3) is 5.49. The molecule has 0 aliphatic heterocycles. The number of amides is 1. The quantitative estimate of drug-likeness (QED) is 0.411. The number of benzene rings is 2. The largest absolute Gasteiger partial charge is 0.475 e. The minimum atomic E-state index is -0.577. The van der Waals surface area contributed by atoms with Crippen molar-refractivity contribution in [3.63, 3.8) is 0 Å². The molecule has 1 amide bonds. The summed E-state index contributed by atoms with van der Waals surface area (Å²) in [6.07, 6.45) is 1.35. The van der Waals surface area contributed by atoms with Crippen molar-refractivity contribution < 1.29 is 14.5 Å². The van der Waals surface area contributed by atoms with Gasteiger partial charge in [0.2, 0.25) is 5.91 Å². The van der Waals surface area contributed by atoms with Gasteiger partial charge in [0, 0.05) is 21.2 Å². The number of ether oxygens (including phenoxy) is 1. The van der Waals surface area contributed by atoms with E-state index in [9.17, 15) is 14.9 Å². The fourth-order valence-corrected chi connectivity index (χ4v) is 3.52. The Balaban J connectivity index is 1.64. The second-order valence-electron chi connectivity index (χ2n) is 5.89. The molecule has 0 aliphatic rings. The Morgan fingerprint density at radius 1 is 1.28 bits per heavy atom. The Labute approximate surface area is 176 Å². The van der Waals surface area contributed by atoms with Crippen LogP contribution in [-0.4, -0.2) is 27.7 Å². The van der Waals surface area contributed by atoms with Gasteiger partial charge in [0.25, 0.3) is 0 Å². The number of nitrogens with one attached hydrogen (secondary N) is 1. The smallest absolute Gasteiger partial charge is 0.350 e. The molecule has 10 heteroatoms. The molecule has 8 nitrogen and oxygen atoms in total. The molecule has 0 aliphatic carbocycles. The van der Waals surface area contributed by atoms with E-state index in [-0.39, 0.29) is 30.4 Å². The highest BCUT2D eigenvalue weighted by Crippen LogP contribution is 2.34. The molecule has 0 spiro atoms. The first-order valence-electron chi connectivity index (χ1n) is 8.54. The normalized spacial score (nSPS) is 10.6. The lowest BCUT2D eigenvalue weighted by atomic mass is 10.3. The van der Waals surface area contributed by atoms with Gasteiger partial charge < -0.3 is 10.1 Å². The number of aryl methyl sites for hydroxylation is 1. The SMILES string of the molecule is COc1nn(CCC(=O)Nc2ccccc2Sc2ccc(Cl)cc2)cc1[N+](=O)[O-]. The highest BCUT2D eigenvalue weighted by molar-refractivity contribution is 7.99. The number of carbonyl (C=O) groups excluding carboxylic acids is 1. The number of methoxy groups -OCH3 is 1. The number of nitro groups is 1. The lowest BCUT2D eigenvalue weighted by Crippen LogP contribution is -2.15. The van der Waals surface area contributed by atoms with Crippen LogP contribution in [0.25, 0.3) is 0 Å². The van der Waals surface area contributed by atoms with Crippen LogP contribution in [0.15, 0.2) is 64.5 Å². The Morgan fingerprint density at radius 2 is 2.00 bits per heavy atom.